The Balaban J connectivity index is 1.77. The van der Waals surface area contributed by atoms with Gasteiger partial charge in [0.1, 0.15) is 0 Å². The van der Waals surface area contributed by atoms with Crippen molar-refractivity contribution in [3.05, 3.63) is 69.1 Å². The minimum atomic E-state index is -0.151. The van der Waals surface area contributed by atoms with Crippen LogP contribution in [0, 0.1) is 13.8 Å². The number of halogens is 1. The molecule has 2 aromatic carbocycles. The molecule has 1 saturated carbocycles. The summed E-state index contributed by atoms with van der Waals surface area (Å²) in [5, 5.41) is 0.650. The van der Waals surface area contributed by atoms with Crippen molar-refractivity contribution in [1.82, 2.24) is 4.90 Å². The van der Waals surface area contributed by atoms with Crippen molar-refractivity contribution in [1.29, 1.82) is 0 Å². The van der Waals surface area contributed by atoms with Crippen molar-refractivity contribution in [2.24, 2.45) is 0 Å². The number of rotatable bonds is 4. The number of thioether (sulfide) groups is 1. The fraction of sp³-hybridized carbons (Fsp3) is 0.360. The molecule has 0 saturated heterocycles. The van der Waals surface area contributed by atoms with Crippen LogP contribution in [0.15, 0.2) is 52.3 Å². The Morgan fingerprint density at radius 2 is 1.57 bits per heavy atom. The molecule has 0 spiro atoms. The van der Waals surface area contributed by atoms with Crippen molar-refractivity contribution < 1.29 is 9.59 Å². The molecule has 0 unspecified atom stereocenters. The maximum absolute atomic E-state index is 13.6. The summed E-state index contributed by atoms with van der Waals surface area (Å²) in [5.74, 6) is -0.294. The van der Waals surface area contributed by atoms with E-state index < -0.39 is 0 Å². The van der Waals surface area contributed by atoms with Crippen LogP contribution < -0.4 is 0 Å². The molecular weight excluding hydrogens is 414 g/mol. The van der Waals surface area contributed by atoms with Crippen LogP contribution in [0.5, 0.6) is 0 Å². The first kappa shape index (κ1) is 21.2. The zero-order valence-electron chi connectivity index (χ0n) is 17.4. The molecule has 30 heavy (non-hydrogen) atoms. The highest BCUT2D eigenvalue weighted by Crippen LogP contribution is 2.42. The number of carbonyl (C=O) groups excluding carboxylic acids is 2. The SMILES string of the molecule is Cc1ccc(C2=C(Sc3ccc(Cl)cc3)C(=O)N(C3CCCCCC3)C2=O)c(C)c1. The molecule has 2 amide bonds. The fourth-order valence-electron chi connectivity index (χ4n) is 4.42. The predicted octanol–water partition coefficient (Wildman–Crippen LogP) is 6.55. The Morgan fingerprint density at radius 3 is 2.20 bits per heavy atom. The van der Waals surface area contributed by atoms with Crippen LogP contribution in [0.4, 0.5) is 0 Å². The lowest BCUT2D eigenvalue weighted by Gasteiger charge is -2.25. The Hall–Kier alpha value is -2.04. The summed E-state index contributed by atoms with van der Waals surface area (Å²) < 4.78 is 0. The zero-order chi connectivity index (χ0) is 21.3. The van der Waals surface area contributed by atoms with E-state index in [1.165, 1.54) is 24.6 Å². The molecule has 1 heterocycles. The van der Waals surface area contributed by atoms with Gasteiger partial charge < -0.3 is 0 Å². The van der Waals surface area contributed by atoms with E-state index in [0.717, 1.165) is 47.3 Å². The van der Waals surface area contributed by atoms with Crippen LogP contribution in [0.25, 0.3) is 5.57 Å². The Kier molecular flexibility index (Phi) is 6.35. The molecule has 0 radical (unpaired) electrons. The molecule has 1 aliphatic heterocycles. The minimum absolute atomic E-state index is 0.00317. The van der Waals surface area contributed by atoms with Gasteiger partial charge in [0.2, 0.25) is 0 Å². The van der Waals surface area contributed by atoms with Gasteiger partial charge in [0.05, 0.1) is 10.5 Å². The third-order valence-electron chi connectivity index (χ3n) is 5.95. The lowest BCUT2D eigenvalue weighted by atomic mass is 9.98. The molecule has 0 atom stereocenters. The van der Waals surface area contributed by atoms with E-state index in [0.29, 0.717) is 15.5 Å². The molecule has 2 aliphatic rings. The Bertz CT molecular complexity index is 1000. The van der Waals surface area contributed by atoms with Crippen LogP contribution >= 0.6 is 23.4 Å². The van der Waals surface area contributed by atoms with Gasteiger partial charge >= 0.3 is 0 Å². The number of nitrogens with zero attached hydrogens (tertiary/aromatic N) is 1. The second kappa shape index (κ2) is 8.99. The van der Waals surface area contributed by atoms with Gasteiger partial charge in [-0.25, -0.2) is 0 Å². The maximum atomic E-state index is 13.6. The summed E-state index contributed by atoms with van der Waals surface area (Å²) in [4.78, 5) is 30.2. The summed E-state index contributed by atoms with van der Waals surface area (Å²) in [7, 11) is 0. The van der Waals surface area contributed by atoms with E-state index in [4.69, 9.17) is 11.6 Å². The van der Waals surface area contributed by atoms with Gasteiger partial charge in [0.15, 0.2) is 0 Å². The quantitative estimate of drug-likeness (QED) is 0.400. The third kappa shape index (κ3) is 4.21. The average molecular weight is 440 g/mol. The highest BCUT2D eigenvalue weighted by atomic mass is 35.5. The van der Waals surface area contributed by atoms with Crippen LogP contribution in [0.1, 0.15) is 55.2 Å². The molecule has 156 valence electrons. The van der Waals surface area contributed by atoms with Gasteiger partial charge in [0.25, 0.3) is 11.8 Å². The molecule has 0 aromatic heterocycles. The fourth-order valence-corrected chi connectivity index (χ4v) is 5.54. The second-order valence-corrected chi connectivity index (χ2v) is 9.72. The molecule has 2 aromatic rings. The van der Waals surface area contributed by atoms with Gasteiger partial charge in [-0.2, -0.15) is 0 Å². The van der Waals surface area contributed by atoms with Gasteiger partial charge in [-0.15, -0.1) is 0 Å². The number of imide groups is 1. The van der Waals surface area contributed by atoms with Gasteiger partial charge in [-0.1, -0.05) is 72.8 Å². The molecule has 1 aliphatic carbocycles. The predicted molar refractivity (Wildman–Crippen MR) is 123 cm³/mol. The van der Waals surface area contributed by atoms with Crippen molar-refractivity contribution in [3.63, 3.8) is 0 Å². The summed E-state index contributed by atoms with van der Waals surface area (Å²) >= 11 is 7.40. The maximum Gasteiger partial charge on any atom is 0.268 e. The van der Waals surface area contributed by atoms with E-state index in [9.17, 15) is 9.59 Å². The summed E-state index contributed by atoms with van der Waals surface area (Å²) in [6.45, 7) is 4.04. The number of amides is 2. The normalized spacial score (nSPS) is 18.3. The van der Waals surface area contributed by atoms with Crippen molar-refractivity contribution in [2.45, 2.75) is 63.3 Å². The zero-order valence-corrected chi connectivity index (χ0v) is 19.0. The third-order valence-corrected chi connectivity index (χ3v) is 7.29. The first-order valence-electron chi connectivity index (χ1n) is 10.6. The van der Waals surface area contributed by atoms with Crippen LogP contribution in [-0.4, -0.2) is 22.8 Å². The highest BCUT2D eigenvalue weighted by Gasteiger charge is 2.43. The van der Waals surface area contributed by atoms with Crippen molar-refractivity contribution in [2.75, 3.05) is 0 Å². The van der Waals surface area contributed by atoms with E-state index in [1.807, 2.05) is 50.2 Å². The van der Waals surface area contributed by atoms with E-state index in [2.05, 4.69) is 6.07 Å². The minimum Gasteiger partial charge on any atom is -0.271 e. The van der Waals surface area contributed by atoms with Crippen molar-refractivity contribution >= 4 is 40.8 Å². The lowest BCUT2D eigenvalue weighted by molar-refractivity contribution is -0.139. The highest BCUT2D eigenvalue weighted by molar-refractivity contribution is 8.04. The molecule has 4 rings (SSSR count). The number of aryl methyl sites for hydroxylation is 2. The first-order valence-corrected chi connectivity index (χ1v) is 11.8. The van der Waals surface area contributed by atoms with Crippen molar-refractivity contribution in [3.8, 4) is 0 Å². The van der Waals surface area contributed by atoms with Gasteiger partial charge in [-0.3, -0.25) is 14.5 Å². The molecule has 1 fully saturated rings. The number of hydrogen-bond acceptors (Lipinski definition) is 3. The van der Waals surface area contributed by atoms with Gasteiger partial charge in [-0.05, 0) is 62.1 Å². The Morgan fingerprint density at radius 1 is 0.900 bits per heavy atom. The van der Waals surface area contributed by atoms with Crippen LogP contribution in [0.3, 0.4) is 0 Å². The Labute approximate surface area is 187 Å². The molecular formula is C25H26ClNO2S. The smallest absolute Gasteiger partial charge is 0.268 e. The number of hydrogen-bond donors (Lipinski definition) is 0. The molecule has 5 heteroatoms. The summed E-state index contributed by atoms with van der Waals surface area (Å²) in [6.07, 6.45) is 6.29. The van der Waals surface area contributed by atoms with E-state index in [-0.39, 0.29) is 17.9 Å². The molecule has 0 N–H and O–H groups in total. The molecule has 0 bridgehead atoms. The monoisotopic (exact) mass is 439 g/mol. The first-order chi connectivity index (χ1) is 14.5. The number of benzene rings is 2. The second-order valence-electron chi connectivity index (χ2n) is 8.20. The largest absolute Gasteiger partial charge is 0.271 e. The molecule has 3 nitrogen and oxygen atoms in total. The van der Waals surface area contributed by atoms with E-state index in [1.54, 1.807) is 4.90 Å². The van der Waals surface area contributed by atoms with Crippen LogP contribution in [-0.2, 0) is 9.59 Å². The summed E-state index contributed by atoms with van der Waals surface area (Å²) in [6, 6.07) is 13.5. The standard InChI is InChI=1S/C25H26ClNO2S/c1-16-9-14-21(17(2)15-16)22-23(30-20-12-10-18(26)11-13-20)25(29)27(24(22)28)19-7-5-3-4-6-8-19/h9-15,19H,3-8H2,1-2H3. The van der Waals surface area contributed by atoms with Crippen LogP contribution in [0.2, 0.25) is 5.02 Å². The number of carbonyl (C=O) groups is 2. The average Bonchev–Trinajstić information content (AvgIpc) is 2.89. The van der Waals surface area contributed by atoms with Gasteiger partial charge in [0, 0.05) is 16.0 Å². The topological polar surface area (TPSA) is 37.4 Å². The summed E-state index contributed by atoms with van der Waals surface area (Å²) in [5.41, 5.74) is 3.55. The lowest BCUT2D eigenvalue weighted by Crippen LogP contribution is -2.40. The van der Waals surface area contributed by atoms with E-state index >= 15 is 0 Å².